The molecule has 0 atom stereocenters. The Balaban J connectivity index is 2.17. The van der Waals surface area contributed by atoms with E-state index in [2.05, 4.69) is 22.2 Å². The number of nitriles is 1. The van der Waals surface area contributed by atoms with Crippen LogP contribution in [0.2, 0.25) is 0 Å². The number of aromatic nitrogens is 1. The van der Waals surface area contributed by atoms with Gasteiger partial charge in [0.25, 0.3) is 17.7 Å². The van der Waals surface area contributed by atoms with E-state index in [0.29, 0.717) is 27.9 Å². The number of hydrogen-bond donors (Lipinski definition) is 4. The maximum atomic E-state index is 13.9. The third-order valence-electron chi connectivity index (χ3n) is 5.76. The Bertz CT molecular complexity index is 1530. The van der Waals surface area contributed by atoms with Crippen LogP contribution in [0, 0.1) is 18.3 Å². The number of H-pyrrole nitrogens is 1. The summed E-state index contributed by atoms with van der Waals surface area (Å²) < 4.78 is 32.4. The van der Waals surface area contributed by atoms with E-state index in [1.165, 1.54) is 39.2 Å². The number of aryl methyl sites for hydroxylation is 1. The summed E-state index contributed by atoms with van der Waals surface area (Å²) in [6.45, 7) is 7.12. The van der Waals surface area contributed by atoms with Crippen molar-refractivity contribution >= 4 is 23.4 Å². The number of alkyl halides is 1. The molecule has 0 radical (unpaired) electrons. The van der Waals surface area contributed by atoms with Crippen molar-refractivity contribution < 1.29 is 27.9 Å². The number of hydrogen-bond acceptors (Lipinski definition) is 5. The first-order valence-corrected chi connectivity index (χ1v) is 11.7. The normalized spacial score (nSPS) is 10.9. The Hall–Kier alpha value is -4.98. The first-order chi connectivity index (χ1) is 18.3. The fourth-order valence-corrected chi connectivity index (χ4v) is 3.97. The summed E-state index contributed by atoms with van der Waals surface area (Å²) in [7, 11) is 1.35. The van der Waals surface area contributed by atoms with Crippen molar-refractivity contribution in [1.82, 2.24) is 10.3 Å². The molecule has 0 bridgehead atoms. The SMILES string of the molecule is C=C(F)C(=O)Nc1ccc(-c2c(C#N)[nH]c(C(N)=O)c2-c2ccc(C(=O)NCC(C)(C)F)c(OC)c2)c(C)c1. The fourth-order valence-electron chi connectivity index (χ4n) is 3.97. The van der Waals surface area contributed by atoms with Crippen molar-refractivity contribution in [2.75, 3.05) is 19.0 Å². The van der Waals surface area contributed by atoms with Crippen LogP contribution in [0.3, 0.4) is 0 Å². The maximum absolute atomic E-state index is 13.9. The second-order valence-corrected chi connectivity index (χ2v) is 9.31. The summed E-state index contributed by atoms with van der Waals surface area (Å²) in [6, 6.07) is 11.2. The van der Waals surface area contributed by atoms with Crippen LogP contribution in [0.4, 0.5) is 14.5 Å². The molecule has 202 valence electrons. The van der Waals surface area contributed by atoms with Gasteiger partial charge in [-0.3, -0.25) is 14.4 Å². The van der Waals surface area contributed by atoms with Crippen molar-refractivity contribution in [2.24, 2.45) is 5.73 Å². The molecule has 3 aromatic rings. The van der Waals surface area contributed by atoms with Gasteiger partial charge in [-0.25, -0.2) is 8.78 Å². The van der Waals surface area contributed by atoms with Crippen LogP contribution < -0.4 is 21.1 Å². The smallest absolute Gasteiger partial charge is 0.283 e. The number of anilines is 1. The highest BCUT2D eigenvalue weighted by atomic mass is 19.1. The minimum Gasteiger partial charge on any atom is -0.496 e. The van der Waals surface area contributed by atoms with E-state index >= 15 is 0 Å². The number of amides is 3. The highest BCUT2D eigenvalue weighted by molar-refractivity contribution is 6.06. The topological polar surface area (TPSA) is 150 Å². The number of carbonyl (C=O) groups is 3. The van der Waals surface area contributed by atoms with Gasteiger partial charge in [0, 0.05) is 16.8 Å². The quantitative estimate of drug-likeness (QED) is 0.297. The van der Waals surface area contributed by atoms with Gasteiger partial charge >= 0.3 is 0 Å². The number of nitrogens with two attached hydrogens (primary N) is 1. The van der Waals surface area contributed by atoms with Crippen LogP contribution in [-0.2, 0) is 4.79 Å². The number of methoxy groups -OCH3 is 1. The van der Waals surface area contributed by atoms with Crippen molar-refractivity contribution in [1.29, 1.82) is 5.26 Å². The molecule has 2 aromatic carbocycles. The number of ether oxygens (including phenoxy) is 1. The van der Waals surface area contributed by atoms with E-state index in [1.807, 2.05) is 6.07 Å². The molecule has 0 fully saturated rings. The van der Waals surface area contributed by atoms with Crippen molar-refractivity contribution in [3.63, 3.8) is 0 Å². The number of nitrogens with one attached hydrogen (secondary N) is 3. The number of aromatic amines is 1. The molecule has 3 amide bonds. The average Bonchev–Trinajstić information content (AvgIpc) is 3.26. The monoisotopic (exact) mass is 535 g/mol. The van der Waals surface area contributed by atoms with Gasteiger partial charge in [-0.05, 0) is 61.7 Å². The summed E-state index contributed by atoms with van der Waals surface area (Å²) in [4.78, 5) is 39.5. The van der Waals surface area contributed by atoms with Crippen LogP contribution in [0.15, 0.2) is 48.8 Å². The molecule has 0 saturated carbocycles. The number of primary amides is 1. The van der Waals surface area contributed by atoms with Crippen molar-refractivity contribution in [3.05, 3.63) is 71.3 Å². The highest BCUT2D eigenvalue weighted by Crippen LogP contribution is 2.41. The van der Waals surface area contributed by atoms with Crippen LogP contribution in [0.1, 0.15) is 46.0 Å². The minimum atomic E-state index is -1.62. The maximum Gasteiger partial charge on any atom is 0.283 e. The number of halogens is 2. The Morgan fingerprint density at radius 2 is 1.87 bits per heavy atom. The molecule has 1 aromatic heterocycles. The Morgan fingerprint density at radius 1 is 1.18 bits per heavy atom. The lowest BCUT2D eigenvalue weighted by molar-refractivity contribution is -0.114. The molecule has 39 heavy (non-hydrogen) atoms. The summed E-state index contributed by atoms with van der Waals surface area (Å²) in [6.07, 6.45) is 0. The second-order valence-electron chi connectivity index (χ2n) is 9.31. The Labute approximate surface area is 223 Å². The molecule has 9 nitrogen and oxygen atoms in total. The van der Waals surface area contributed by atoms with Gasteiger partial charge in [0.1, 0.15) is 28.9 Å². The van der Waals surface area contributed by atoms with Crippen LogP contribution in [0.25, 0.3) is 22.3 Å². The van der Waals surface area contributed by atoms with Crippen LogP contribution in [-0.4, -0.2) is 42.0 Å². The predicted molar refractivity (Wildman–Crippen MR) is 143 cm³/mol. The van der Waals surface area contributed by atoms with E-state index in [4.69, 9.17) is 10.5 Å². The summed E-state index contributed by atoms with van der Waals surface area (Å²) in [5, 5.41) is 14.7. The van der Waals surface area contributed by atoms with E-state index < -0.39 is 29.2 Å². The van der Waals surface area contributed by atoms with Gasteiger partial charge < -0.3 is 26.1 Å². The van der Waals surface area contributed by atoms with Crippen molar-refractivity contribution in [2.45, 2.75) is 26.4 Å². The zero-order chi connectivity index (χ0) is 29.1. The molecule has 3 rings (SSSR count). The molecule has 0 unspecified atom stereocenters. The number of carbonyl (C=O) groups excluding carboxylic acids is 3. The molecule has 0 aliphatic rings. The van der Waals surface area contributed by atoms with Crippen LogP contribution >= 0.6 is 0 Å². The first-order valence-electron chi connectivity index (χ1n) is 11.7. The van der Waals surface area contributed by atoms with E-state index in [1.54, 1.807) is 25.1 Å². The molecule has 11 heteroatoms. The lowest BCUT2D eigenvalue weighted by atomic mass is 9.91. The second kappa shape index (κ2) is 11.2. The number of nitrogens with zero attached hydrogens (tertiary/aromatic N) is 1. The lowest BCUT2D eigenvalue weighted by Gasteiger charge is -2.17. The molecular formula is C28H27F2N5O4. The summed E-state index contributed by atoms with van der Waals surface area (Å²) in [5.74, 6) is -3.40. The number of benzene rings is 2. The fraction of sp³-hybridized carbons (Fsp3) is 0.214. The zero-order valence-electron chi connectivity index (χ0n) is 21.8. The summed E-state index contributed by atoms with van der Waals surface area (Å²) in [5.41, 5.74) is 6.57. The summed E-state index contributed by atoms with van der Waals surface area (Å²) >= 11 is 0. The molecular weight excluding hydrogens is 508 g/mol. The van der Waals surface area contributed by atoms with E-state index in [9.17, 15) is 28.4 Å². The van der Waals surface area contributed by atoms with E-state index in [-0.39, 0.29) is 34.8 Å². The third-order valence-corrected chi connectivity index (χ3v) is 5.76. The van der Waals surface area contributed by atoms with Gasteiger partial charge in [-0.1, -0.05) is 18.7 Å². The zero-order valence-corrected chi connectivity index (χ0v) is 21.8. The highest BCUT2D eigenvalue weighted by Gasteiger charge is 2.26. The van der Waals surface area contributed by atoms with Gasteiger partial charge in [-0.15, -0.1) is 0 Å². The Kier molecular flexibility index (Phi) is 8.20. The molecule has 0 aliphatic heterocycles. The molecule has 0 aliphatic carbocycles. The van der Waals surface area contributed by atoms with Crippen LogP contribution in [0.5, 0.6) is 5.75 Å². The van der Waals surface area contributed by atoms with Gasteiger partial charge in [0.05, 0.1) is 19.2 Å². The third kappa shape index (κ3) is 6.30. The predicted octanol–water partition coefficient (Wildman–Crippen LogP) is 4.54. The van der Waals surface area contributed by atoms with E-state index in [0.717, 1.165) is 0 Å². The molecule has 5 N–H and O–H groups in total. The van der Waals surface area contributed by atoms with Gasteiger partial charge in [0.15, 0.2) is 5.83 Å². The molecule has 0 saturated heterocycles. The minimum absolute atomic E-state index is 0.0433. The van der Waals surface area contributed by atoms with Gasteiger partial charge in [0.2, 0.25) is 0 Å². The molecule has 1 heterocycles. The largest absolute Gasteiger partial charge is 0.496 e. The molecule has 0 spiro atoms. The lowest BCUT2D eigenvalue weighted by Crippen LogP contribution is -2.35. The average molecular weight is 536 g/mol. The number of rotatable bonds is 9. The van der Waals surface area contributed by atoms with Crippen molar-refractivity contribution in [3.8, 4) is 34.1 Å². The first kappa shape index (κ1) is 28.6. The standard InChI is InChI=1S/C28H27F2N5O4/c1-14-10-17(34-26(37)15(2)29)7-9-18(14)23-20(12-31)35-24(25(32)36)22(23)16-6-8-19(21(11-16)39-5)27(38)33-13-28(3,4)30/h6-11,35H,2,13H2,1,3-5H3,(H2,32,36)(H,33,38)(H,34,37). The van der Waals surface area contributed by atoms with Gasteiger partial charge in [-0.2, -0.15) is 5.26 Å². The Morgan fingerprint density at radius 3 is 2.41 bits per heavy atom.